The van der Waals surface area contributed by atoms with E-state index in [1.165, 1.54) is 25.7 Å². The molecule has 2 aromatic rings. The van der Waals surface area contributed by atoms with Gasteiger partial charge in [-0.2, -0.15) is 0 Å². The lowest BCUT2D eigenvalue weighted by Gasteiger charge is -2.09. The second-order valence-corrected chi connectivity index (χ2v) is 7.12. The van der Waals surface area contributed by atoms with Crippen LogP contribution in [-0.4, -0.2) is 24.7 Å². The Morgan fingerprint density at radius 3 is 2.52 bits per heavy atom. The van der Waals surface area contributed by atoms with Gasteiger partial charge in [0, 0.05) is 17.5 Å². The number of rotatable bonds is 4. The molecule has 0 bridgehead atoms. The number of halogens is 1. The van der Waals surface area contributed by atoms with Crippen molar-refractivity contribution in [2.45, 2.75) is 61.7 Å². The lowest BCUT2D eigenvalue weighted by atomic mass is 10.4. The Labute approximate surface area is 132 Å². The van der Waals surface area contributed by atoms with Gasteiger partial charge in [-0.3, -0.25) is 0 Å². The predicted octanol–water partition coefficient (Wildman–Crippen LogP) is 3.70. The van der Waals surface area contributed by atoms with E-state index >= 15 is 0 Å². The SMILES string of the molecule is Cc1nc(Cl)c(C)c(Sc2nnc(C3CC3)n2C2CC2)n1. The van der Waals surface area contributed by atoms with Crippen LogP contribution in [0.5, 0.6) is 0 Å². The van der Waals surface area contributed by atoms with Crippen LogP contribution in [0.1, 0.15) is 54.9 Å². The van der Waals surface area contributed by atoms with E-state index in [2.05, 4.69) is 24.7 Å². The Bertz CT molecular complexity index is 706. The van der Waals surface area contributed by atoms with Gasteiger partial charge >= 0.3 is 0 Å². The molecule has 4 rings (SSSR count). The van der Waals surface area contributed by atoms with Gasteiger partial charge in [0.15, 0.2) is 5.16 Å². The van der Waals surface area contributed by atoms with E-state index in [1.807, 2.05) is 13.8 Å². The lowest BCUT2D eigenvalue weighted by Crippen LogP contribution is -2.03. The molecule has 0 spiro atoms. The van der Waals surface area contributed by atoms with Crippen LogP contribution in [-0.2, 0) is 0 Å². The third-order valence-electron chi connectivity index (χ3n) is 3.89. The molecule has 0 aliphatic heterocycles. The number of aromatic nitrogens is 5. The van der Waals surface area contributed by atoms with Crippen molar-refractivity contribution in [3.8, 4) is 0 Å². The molecule has 2 fully saturated rings. The van der Waals surface area contributed by atoms with Crippen molar-refractivity contribution in [3.05, 3.63) is 22.4 Å². The molecule has 2 aromatic heterocycles. The van der Waals surface area contributed by atoms with Crippen molar-refractivity contribution in [1.29, 1.82) is 0 Å². The lowest BCUT2D eigenvalue weighted by molar-refractivity contribution is 0.626. The normalized spacial score (nSPS) is 18.2. The van der Waals surface area contributed by atoms with Crippen LogP contribution in [0.25, 0.3) is 0 Å². The van der Waals surface area contributed by atoms with Crippen LogP contribution in [0, 0.1) is 13.8 Å². The third kappa shape index (κ3) is 2.55. The summed E-state index contributed by atoms with van der Waals surface area (Å²) in [5.74, 6) is 2.46. The van der Waals surface area contributed by atoms with Crippen LogP contribution in [0.2, 0.25) is 5.15 Å². The molecule has 5 nitrogen and oxygen atoms in total. The molecule has 2 saturated carbocycles. The molecule has 21 heavy (non-hydrogen) atoms. The van der Waals surface area contributed by atoms with Crippen molar-refractivity contribution < 1.29 is 0 Å². The molecule has 2 aliphatic carbocycles. The highest BCUT2D eigenvalue weighted by atomic mass is 35.5. The van der Waals surface area contributed by atoms with Gasteiger partial charge in [-0.15, -0.1) is 10.2 Å². The predicted molar refractivity (Wildman–Crippen MR) is 80.9 cm³/mol. The van der Waals surface area contributed by atoms with E-state index < -0.39 is 0 Å². The molecule has 2 heterocycles. The molecular weight excluding hydrogens is 306 g/mol. The molecule has 0 N–H and O–H groups in total. The maximum absolute atomic E-state index is 6.16. The zero-order valence-corrected chi connectivity index (χ0v) is 13.6. The van der Waals surface area contributed by atoms with Crippen LogP contribution in [0.15, 0.2) is 10.2 Å². The second kappa shape index (κ2) is 4.95. The van der Waals surface area contributed by atoms with Gasteiger partial charge in [-0.1, -0.05) is 11.6 Å². The van der Waals surface area contributed by atoms with Crippen LogP contribution >= 0.6 is 23.4 Å². The van der Waals surface area contributed by atoms with Crippen LogP contribution < -0.4 is 0 Å². The quantitative estimate of drug-likeness (QED) is 0.804. The fourth-order valence-corrected chi connectivity index (χ4v) is 3.70. The molecule has 7 heteroatoms. The molecule has 2 aliphatic rings. The van der Waals surface area contributed by atoms with Crippen molar-refractivity contribution in [2.75, 3.05) is 0 Å². The molecule has 0 aromatic carbocycles. The average molecular weight is 322 g/mol. The molecule has 0 radical (unpaired) electrons. The van der Waals surface area contributed by atoms with Crippen molar-refractivity contribution in [3.63, 3.8) is 0 Å². The number of hydrogen-bond donors (Lipinski definition) is 0. The largest absolute Gasteiger partial charge is 0.302 e. The van der Waals surface area contributed by atoms with Crippen LogP contribution in [0.4, 0.5) is 0 Å². The summed E-state index contributed by atoms with van der Waals surface area (Å²) in [7, 11) is 0. The van der Waals surface area contributed by atoms with E-state index in [9.17, 15) is 0 Å². The fraction of sp³-hybridized carbons (Fsp3) is 0.571. The van der Waals surface area contributed by atoms with E-state index in [0.29, 0.717) is 22.9 Å². The fourth-order valence-electron chi connectivity index (χ4n) is 2.41. The van der Waals surface area contributed by atoms with E-state index in [0.717, 1.165) is 21.6 Å². The smallest absolute Gasteiger partial charge is 0.197 e. The van der Waals surface area contributed by atoms with Crippen molar-refractivity contribution >= 4 is 23.4 Å². The van der Waals surface area contributed by atoms with Crippen LogP contribution in [0.3, 0.4) is 0 Å². The minimum absolute atomic E-state index is 0.518. The summed E-state index contributed by atoms with van der Waals surface area (Å²) in [6.07, 6.45) is 4.95. The molecule has 0 amide bonds. The third-order valence-corrected chi connectivity index (χ3v) is 5.31. The van der Waals surface area contributed by atoms with E-state index in [1.54, 1.807) is 11.8 Å². The number of nitrogens with zero attached hydrogens (tertiary/aromatic N) is 5. The van der Waals surface area contributed by atoms with Gasteiger partial charge in [-0.25, -0.2) is 9.97 Å². The van der Waals surface area contributed by atoms with Gasteiger partial charge in [-0.05, 0) is 51.3 Å². The first kappa shape index (κ1) is 13.5. The maximum atomic E-state index is 6.16. The Morgan fingerprint density at radius 1 is 1.10 bits per heavy atom. The summed E-state index contributed by atoms with van der Waals surface area (Å²) in [5, 5.41) is 11.2. The molecule has 0 saturated heterocycles. The minimum Gasteiger partial charge on any atom is -0.302 e. The molecule has 110 valence electrons. The Morgan fingerprint density at radius 2 is 1.86 bits per heavy atom. The monoisotopic (exact) mass is 321 g/mol. The highest BCUT2D eigenvalue weighted by Crippen LogP contribution is 2.46. The highest BCUT2D eigenvalue weighted by Gasteiger charge is 2.36. The summed E-state index contributed by atoms with van der Waals surface area (Å²) in [6.45, 7) is 3.81. The Kier molecular flexibility index (Phi) is 3.19. The zero-order valence-electron chi connectivity index (χ0n) is 12.0. The standard InChI is InChI=1S/C14H16ClN5S/c1-7-11(15)16-8(2)17-13(7)21-14-19-18-12(9-3-4-9)20(14)10-5-6-10/h9-10H,3-6H2,1-2H3. The maximum Gasteiger partial charge on any atom is 0.197 e. The van der Waals surface area contributed by atoms with Gasteiger partial charge < -0.3 is 4.57 Å². The second-order valence-electron chi connectivity index (χ2n) is 5.81. The first-order chi connectivity index (χ1) is 10.1. The Balaban J connectivity index is 1.71. The van der Waals surface area contributed by atoms with Gasteiger partial charge in [0.2, 0.25) is 0 Å². The summed E-state index contributed by atoms with van der Waals surface area (Å²) in [5.41, 5.74) is 0.908. The summed E-state index contributed by atoms with van der Waals surface area (Å²) < 4.78 is 2.33. The summed E-state index contributed by atoms with van der Waals surface area (Å²) >= 11 is 7.72. The van der Waals surface area contributed by atoms with E-state index in [-0.39, 0.29) is 0 Å². The minimum atomic E-state index is 0.518. The number of aryl methyl sites for hydroxylation is 1. The molecule has 0 unspecified atom stereocenters. The topological polar surface area (TPSA) is 56.5 Å². The van der Waals surface area contributed by atoms with Gasteiger partial charge in [0.25, 0.3) is 0 Å². The number of hydrogen-bond acceptors (Lipinski definition) is 5. The van der Waals surface area contributed by atoms with Crippen molar-refractivity contribution in [1.82, 2.24) is 24.7 Å². The summed E-state index contributed by atoms with van der Waals surface area (Å²) in [6, 6.07) is 0.580. The highest BCUT2D eigenvalue weighted by molar-refractivity contribution is 7.99. The zero-order chi connectivity index (χ0) is 14.6. The first-order valence-electron chi connectivity index (χ1n) is 7.27. The van der Waals surface area contributed by atoms with Crippen molar-refractivity contribution in [2.24, 2.45) is 0 Å². The molecular formula is C14H16ClN5S. The molecule has 0 atom stereocenters. The van der Waals surface area contributed by atoms with E-state index in [4.69, 9.17) is 11.6 Å². The van der Waals surface area contributed by atoms with Gasteiger partial charge in [0.1, 0.15) is 21.8 Å². The van der Waals surface area contributed by atoms with Gasteiger partial charge in [0.05, 0.1) is 0 Å². The Hall–Kier alpha value is -1.14. The first-order valence-corrected chi connectivity index (χ1v) is 8.46. The average Bonchev–Trinajstić information content (AvgIpc) is 3.35. The summed E-state index contributed by atoms with van der Waals surface area (Å²) in [4.78, 5) is 8.69.